The Labute approximate surface area is 98.1 Å². The minimum absolute atomic E-state index is 0.816. The molecule has 2 rings (SSSR count). The third-order valence-electron chi connectivity index (χ3n) is 2.37. The van der Waals surface area contributed by atoms with Crippen molar-refractivity contribution >= 4 is 15.9 Å². The van der Waals surface area contributed by atoms with Crippen LogP contribution in [-0.2, 0) is 6.54 Å². The minimum atomic E-state index is 0.816. The topological polar surface area (TPSA) is 17.8 Å². The molecule has 0 aliphatic rings. The highest BCUT2D eigenvalue weighted by Gasteiger charge is 2.03. The maximum Gasteiger partial charge on any atom is 0.0670 e. The van der Waals surface area contributed by atoms with Gasteiger partial charge in [-0.3, -0.25) is 4.68 Å². The normalized spacial score (nSPS) is 10.6. The molecule has 78 valence electrons. The molecule has 0 N–H and O–H groups in total. The first-order valence-electron chi connectivity index (χ1n) is 4.90. The van der Waals surface area contributed by atoms with Gasteiger partial charge in [-0.1, -0.05) is 34.1 Å². The summed E-state index contributed by atoms with van der Waals surface area (Å²) < 4.78 is 3.13. The molecular weight excluding hydrogens is 252 g/mol. The Kier molecular flexibility index (Phi) is 2.91. The average molecular weight is 265 g/mol. The zero-order valence-electron chi connectivity index (χ0n) is 8.87. The van der Waals surface area contributed by atoms with E-state index in [-0.39, 0.29) is 0 Å². The molecule has 2 nitrogen and oxygen atoms in total. The zero-order valence-corrected chi connectivity index (χ0v) is 10.5. The van der Waals surface area contributed by atoms with Gasteiger partial charge in [-0.25, -0.2) is 0 Å². The largest absolute Gasteiger partial charge is 0.268 e. The van der Waals surface area contributed by atoms with Crippen LogP contribution in [0.2, 0.25) is 0 Å². The van der Waals surface area contributed by atoms with Crippen LogP contribution in [0.15, 0.2) is 35.1 Å². The van der Waals surface area contributed by atoms with E-state index >= 15 is 0 Å². The SMILES string of the molecule is Cc1cnn(Cc2cccc(C)c2Br)c1. The average Bonchev–Trinajstić information content (AvgIpc) is 2.59. The molecule has 2 aromatic rings. The van der Waals surface area contributed by atoms with Crippen molar-refractivity contribution in [3.63, 3.8) is 0 Å². The van der Waals surface area contributed by atoms with Gasteiger partial charge < -0.3 is 0 Å². The maximum atomic E-state index is 4.28. The summed E-state index contributed by atoms with van der Waals surface area (Å²) in [5.41, 5.74) is 3.72. The van der Waals surface area contributed by atoms with Gasteiger partial charge >= 0.3 is 0 Å². The van der Waals surface area contributed by atoms with Gasteiger partial charge in [0.15, 0.2) is 0 Å². The highest BCUT2D eigenvalue weighted by atomic mass is 79.9. The predicted molar refractivity (Wildman–Crippen MR) is 64.9 cm³/mol. The van der Waals surface area contributed by atoms with Crippen LogP contribution in [0.1, 0.15) is 16.7 Å². The van der Waals surface area contributed by atoms with Gasteiger partial charge in [0.25, 0.3) is 0 Å². The van der Waals surface area contributed by atoms with Crippen molar-refractivity contribution in [1.82, 2.24) is 9.78 Å². The molecular formula is C12H13BrN2. The lowest BCUT2D eigenvalue weighted by Gasteiger charge is -2.06. The van der Waals surface area contributed by atoms with Gasteiger partial charge in [0.1, 0.15) is 0 Å². The number of aryl methyl sites for hydroxylation is 2. The first-order chi connectivity index (χ1) is 7.16. The third-order valence-corrected chi connectivity index (χ3v) is 3.50. The summed E-state index contributed by atoms with van der Waals surface area (Å²) in [5.74, 6) is 0. The van der Waals surface area contributed by atoms with Crippen LogP contribution >= 0.6 is 15.9 Å². The Hall–Kier alpha value is -1.09. The molecule has 15 heavy (non-hydrogen) atoms. The van der Waals surface area contributed by atoms with Crippen molar-refractivity contribution in [2.45, 2.75) is 20.4 Å². The minimum Gasteiger partial charge on any atom is -0.268 e. The molecule has 0 saturated carbocycles. The van der Waals surface area contributed by atoms with E-state index in [0.717, 1.165) is 6.54 Å². The number of rotatable bonds is 2. The number of halogens is 1. The Bertz CT molecular complexity index is 474. The van der Waals surface area contributed by atoms with Gasteiger partial charge in [0.2, 0.25) is 0 Å². The Morgan fingerprint density at radius 2 is 2.13 bits per heavy atom. The van der Waals surface area contributed by atoms with E-state index in [1.807, 2.05) is 10.9 Å². The molecule has 0 radical (unpaired) electrons. The Balaban J connectivity index is 2.28. The fourth-order valence-corrected chi connectivity index (χ4v) is 1.95. The lowest BCUT2D eigenvalue weighted by Crippen LogP contribution is -2.01. The second kappa shape index (κ2) is 4.19. The van der Waals surface area contributed by atoms with Gasteiger partial charge in [0.05, 0.1) is 12.7 Å². The summed E-state index contributed by atoms with van der Waals surface area (Å²) in [6.45, 7) is 4.97. The van der Waals surface area contributed by atoms with Crippen LogP contribution in [0.25, 0.3) is 0 Å². The maximum absolute atomic E-state index is 4.28. The lowest BCUT2D eigenvalue weighted by molar-refractivity contribution is 0.684. The second-order valence-electron chi connectivity index (χ2n) is 3.76. The number of nitrogens with zero attached hydrogens (tertiary/aromatic N) is 2. The molecule has 0 bridgehead atoms. The first-order valence-corrected chi connectivity index (χ1v) is 5.69. The van der Waals surface area contributed by atoms with E-state index in [0.29, 0.717) is 0 Å². The van der Waals surface area contributed by atoms with Crippen LogP contribution in [0.5, 0.6) is 0 Å². The molecule has 0 aliphatic heterocycles. The molecule has 0 unspecified atom stereocenters. The van der Waals surface area contributed by atoms with Crippen LogP contribution in [0.4, 0.5) is 0 Å². The summed E-state index contributed by atoms with van der Waals surface area (Å²) in [4.78, 5) is 0. The summed E-state index contributed by atoms with van der Waals surface area (Å²) in [6.07, 6.45) is 3.93. The molecule has 0 aliphatic carbocycles. The third kappa shape index (κ3) is 2.29. The quantitative estimate of drug-likeness (QED) is 0.814. The smallest absolute Gasteiger partial charge is 0.0670 e. The van der Waals surface area contributed by atoms with Crippen molar-refractivity contribution in [3.8, 4) is 0 Å². The van der Waals surface area contributed by atoms with E-state index in [1.54, 1.807) is 0 Å². The van der Waals surface area contributed by atoms with E-state index in [2.05, 4.69) is 59.3 Å². The summed E-state index contributed by atoms with van der Waals surface area (Å²) in [6, 6.07) is 6.29. The van der Waals surface area contributed by atoms with Crippen LogP contribution in [0, 0.1) is 13.8 Å². The summed E-state index contributed by atoms with van der Waals surface area (Å²) >= 11 is 3.60. The van der Waals surface area contributed by atoms with E-state index in [9.17, 15) is 0 Å². The molecule has 1 aromatic carbocycles. The lowest BCUT2D eigenvalue weighted by atomic mass is 10.1. The van der Waals surface area contributed by atoms with Gasteiger partial charge in [-0.2, -0.15) is 5.10 Å². The molecule has 0 atom stereocenters. The van der Waals surface area contributed by atoms with Crippen molar-refractivity contribution in [2.75, 3.05) is 0 Å². The number of hydrogen-bond donors (Lipinski definition) is 0. The fourth-order valence-electron chi connectivity index (χ4n) is 1.56. The van der Waals surface area contributed by atoms with Gasteiger partial charge in [0, 0.05) is 10.7 Å². The molecule has 0 fully saturated rings. The van der Waals surface area contributed by atoms with Gasteiger partial charge in [-0.15, -0.1) is 0 Å². The zero-order chi connectivity index (χ0) is 10.8. The second-order valence-corrected chi connectivity index (χ2v) is 4.56. The van der Waals surface area contributed by atoms with Crippen molar-refractivity contribution in [1.29, 1.82) is 0 Å². The predicted octanol–water partition coefficient (Wildman–Crippen LogP) is 3.31. The van der Waals surface area contributed by atoms with Crippen LogP contribution in [0.3, 0.4) is 0 Å². The molecule has 1 aromatic heterocycles. The highest BCUT2D eigenvalue weighted by Crippen LogP contribution is 2.21. The number of hydrogen-bond acceptors (Lipinski definition) is 1. The van der Waals surface area contributed by atoms with Crippen molar-refractivity contribution < 1.29 is 0 Å². The number of benzene rings is 1. The van der Waals surface area contributed by atoms with Crippen LogP contribution in [-0.4, -0.2) is 9.78 Å². The van der Waals surface area contributed by atoms with E-state index in [4.69, 9.17) is 0 Å². The molecule has 1 heterocycles. The monoisotopic (exact) mass is 264 g/mol. The fraction of sp³-hybridized carbons (Fsp3) is 0.250. The highest BCUT2D eigenvalue weighted by molar-refractivity contribution is 9.10. The van der Waals surface area contributed by atoms with Crippen molar-refractivity contribution in [2.24, 2.45) is 0 Å². The molecule has 0 spiro atoms. The molecule has 3 heteroatoms. The van der Waals surface area contributed by atoms with E-state index < -0.39 is 0 Å². The standard InChI is InChI=1S/C12H13BrN2/c1-9-6-14-15(7-9)8-11-5-3-4-10(2)12(11)13/h3-7H,8H2,1-2H3. The van der Waals surface area contributed by atoms with Crippen LogP contribution < -0.4 is 0 Å². The Morgan fingerprint density at radius 3 is 2.80 bits per heavy atom. The summed E-state index contributed by atoms with van der Waals surface area (Å²) in [7, 11) is 0. The van der Waals surface area contributed by atoms with Gasteiger partial charge in [-0.05, 0) is 30.5 Å². The summed E-state index contributed by atoms with van der Waals surface area (Å²) in [5, 5.41) is 4.28. The molecule has 0 amide bonds. The molecule has 0 saturated heterocycles. The van der Waals surface area contributed by atoms with E-state index in [1.165, 1.54) is 21.2 Å². The number of aromatic nitrogens is 2. The van der Waals surface area contributed by atoms with Crippen molar-refractivity contribution in [3.05, 3.63) is 51.8 Å². The Morgan fingerprint density at radius 1 is 1.33 bits per heavy atom. The first kappa shape index (κ1) is 10.4.